The Balaban J connectivity index is 1.67. The SMILES string of the molecule is COC(=O)C1=CO[C@@H](C)[C@H]2C[NH+]3CC=c4c([n-]c5ccccc45)=C3C[C@H]12. The van der Waals surface area contributed by atoms with Crippen LogP contribution in [0.1, 0.15) is 13.3 Å². The molecule has 1 aromatic carbocycles. The van der Waals surface area contributed by atoms with Gasteiger partial charge in [-0.1, -0.05) is 29.6 Å². The maximum Gasteiger partial charge on any atom is 0.337 e. The second-order valence-electron chi connectivity index (χ2n) is 7.47. The van der Waals surface area contributed by atoms with Crippen LogP contribution in [0.3, 0.4) is 0 Å². The number of esters is 1. The number of ether oxygens (including phenoxy) is 2. The van der Waals surface area contributed by atoms with Gasteiger partial charge in [0, 0.05) is 12.3 Å². The van der Waals surface area contributed by atoms with Crippen molar-refractivity contribution in [1.82, 2.24) is 4.98 Å². The molecule has 0 radical (unpaired) electrons. The van der Waals surface area contributed by atoms with Gasteiger partial charge in [-0.15, -0.1) is 5.52 Å². The third-order valence-corrected chi connectivity index (χ3v) is 6.20. The second kappa shape index (κ2) is 5.74. The van der Waals surface area contributed by atoms with Gasteiger partial charge in [-0.05, 0) is 23.6 Å². The summed E-state index contributed by atoms with van der Waals surface area (Å²) in [6, 6.07) is 8.32. The molecule has 134 valence electrons. The van der Waals surface area contributed by atoms with Gasteiger partial charge in [-0.3, -0.25) is 0 Å². The molecule has 4 atom stereocenters. The lowest BCUT2D eigenvalue weighted by Crippen LogP contribution is -3.13. The van der Waals surface area contributed by atoms with E-state index in [1.54, 1.807) is 6.26 Å². The number of carbonyl (C=O) groups excluding carboxylic acids is 1. The fraction of sp³-hybridized carbons (Fsp3) is 0.381. The zero-order chi connectivity index (χ0) is 17.8. The average Bonchev–Trinajstić information content (AvgIpc) is 3.06. The lowest BCUT2D eigenvalue weighted by atomic mass is 9.75. The summed E-state index contributed by atoms with van der Waals surface area (Å²) in [5.74, 6) is 0.169. The van der Waals surface area contributed by atoms with Crippen LogP contribution in [-0.4, -0.2) is 32.3 Å². The van der Waals surface area contributed by atoms with Crippen LogP contribution in [-0.2, 0) is 14.3 Å². The van der Waals surface area contributed by atoms with Gasteiger partial charge in [-0.25, -0.2) is 4.79 Å². The highest BCUT2D eigenvalue weighted by molar-refractivity contribution is 5.89. The van der Waals surface area contributed by atoms with E-state index in [4.69, 9.17) is 14.5 Å². The van der Waals surface area contributed by atoms with Crippen LogP contribution in [0.4, 0.5) is 0 Å². The molecule has 0 aliphatic carbocycles. The summed E-state index contributed by atoms with van der Waals surface area (Å²) in [4.78, 5) is 18.6. The lowest BCUT2D eigenvalue weighted by Gasteiger charge is -2.43. The van der Waals surface area contributed by atoms with Gasteiger partial charge < -0.3 is 19.4 Å². The summed E-state index contributed by atoms with van der Waals surface area (Å²) in [5, 5.41) is 3.58. The number of hydrogen-bond donors (Lipinski definition) is 1. The van der Waals surface area contributed by atoms with Crippen molar-refractivity contribution < 1.29 is 19.2 Å². The standard InChI is InChI=1S/C21H21N2O3/c1-12-16-10-23-8-7-14-13-5-3-4-6-18(13)22-20(14)19(23)9-15(16)17(11-26-12)21(24)25-2/h3-7,11-12,15-16H,8-10H2,1-2H3/q-1/p+1/t12-,15-,16+/m0/s1. The topological polar surface area (TPSA) is 54.1 Å². The number of para-hydroxylation sites is 1. The summed E-state index contributed by atoms with van der Waals surface area (Å²) in [7, 11) is 1.43. The molecule has 1 saturated heterocycles. The Morgan fingerprint density at radius 2 is 2.19 bits per heavy atom. The smallest absolute Gasteiger partial charge is 0.337 e. The summed E-state index contributed by atoms with van der Waals surface area (Å²) >= 11 is 0. The van der Waals surface area contributed by atoms with Gasteiger partial charge in [0.25, 0.3) is 0 Å². The fourth-order valence-electron chi connectivity index (χ4n) is 4.83. The summed E-state index contributed by atoms with van der Waals surface area (Å²) in [5.41, 5.74) is 3.03. The normalized spacial score (nSPS) is 29.6. The molecule has 0 amide bonds. The molecule has 1 fully saturated rings. The summed E-state index contributed by atoms with van der Waals surface area (Å²) < 4.78 is 10.8. The first-order valence-electron chi connectivity index (χ1n) is 9.21. The Labute approximate surface area is 151 Å². The number of hydrogen-bond acceptors (Lipinski definition) is 3. The highest BCUT2D eigenvalue weighted by Gasteiger charge is 2.45. The van der Waals surface area contributed by atoms with Crippen LogP contribution in [0.25, 0.3) is 22.7 Å². The van der Waals surface area contributed by atoms with Crippen molar-refractivity contribution in [3.63, 3.8) is 0 Å². The average molecular weight is 350 g/mol. The molecule has 1 N–H and O–H groups in total. The maximum atomic E-state index is 12.3. The van der Waals surface area contributed by atoms with Crippen molar-refractivity contribution in [3.05, 3.63) is 46.7 Å². The molecule has 26 heavy (non-hydrogen) atoms. The Morgan fingerprint density at radius 1 is 1.35 bits per heavy atom. The Morgan fingerprint density at radius 3 is 3.04 bits per heavy atom. The highest BCUT2D eigenvalue weighted by atomic mass is 16.5. The van der Waals surface area contributed by atoms with Crippen molar-refractivity contribution in [3.8, 4) is 0 Å². The van der Waals surface area contributed by atoms with E-state index in [-0.39, 0.29) is 18.0 Å². The summed E-state index contributed by atoms with van der Waals surface area (Å²) in [6.45, 7) is 4.01. The van der Waals surface area contributed by atoms with E-state index < -0.39 is 0 Å². The van der Waals surface area contributed by atoms with Crippen LogP contribution < -0.4 is 20.5 Å². The molecule has 0 saturated carbocycles. The van der Waals surface area contributed by atoms with E-state index in [0.29, 0.717) is 11.5 Å². The van der Waals surface area contributed by atoms with Crippen LogP contribution in [0.2, 0.25) is 0 Å². The van der Waals surface area contributed by atoms with Gasteiger partial charge >= 0.3 is 5.97 Å². The molecule has 1 unspecified atom stereocenters. The summed E-state index contributed by atoms with van der Waals surface area (Å²) in [6.07, 6.45) is 4.87. The number of piperidine rings is 1. The Kier molecular flexibility index (Phi) is 3.47. The third kappa shape index (κ3) is 2.16. The monoisotopic (exact) mass is 350 g/mol. The highest BCUT2D eigenvalue weighted by Crippen LogP contribution is 2.36. The largest absolute Gasteiger partial charge is 0.652 e. The van der Waals surface area contributed by atoms with Crippen LogP contribution >= 0.6 is 0 Å². The Bertz CT molecular complexity index is 1050. The number of aromatic nitrogens is 1. The van der Waals surface area contributed by atoms with E-state index in [1.807, 2.05) is 6.07 Å². The zero-order valence-corrected chi connectivity index (χ0v) is 15.0. The molecular weight excluding hydrogens is 328 g/mol. The lowest BCUT2D eigenvalue weighted by molar-refractivity contribution is -0.830. The van der Waals surface area contributed by atoms with Gasteiger partial charge in [0.15, 0.2) is 0 Å². The van der Waals surface area contributed by atoms with Gasteiger partial charge in [0.2, 0.25) is 0 Å². The predicted octanol–water partition coefficient (Wildman–Crippen LogP) is -0.304. The van der Waals surface area contributed by atoms with Crippen molar-refractivity contribution >= 4 is 28.6 Å². The van der Waals surface area contributed by atoms with E-state index in [2.05, 4.69) is 31.2 Å². The van der Waals surface area contributed by atoms with Crippen molar-refractivity contribution in [2.24, 2.45) is 11.8 Å². The molecule has 1 aromatic heterocycles. The molecule has 3 aliphatic heterocycles. The molecule has 5 nitrogen and oxygen atoms in total. The minimum atomic E-state index is -0.279. The number of carbonyl (C=O) groups is 1. The third-order valence-electron chi connectivity index (χ3n) is 6.20. The number of benzene rings is 1. The number of fused-ring (bicyclic) bond motifs is 5. The fourth-order valence-corrected chi connectivity index (χ4v) is 4.83. The van der Waals surface area contributed by atoms with Crippen molar-refractivity contribution in [1.29, 1.82) is 0 Å². The molecule has 0 bridgehead atoms. The molecule has 3 aliphatic rings. The second-order valence-corrected chi connectivity index (χ2v) is 7.47. The number of nitrogens with zero attached hydrogens (tertiary/aromatic N) is 1. The first-order chi connectivity index (χ1) is 12.7. The van der Waals surface area contributed by atoms with Gasteiger partial charge in [-0.2, -0.15) is 0 Å². The number of rotatable bonds is 1. The molecule has 2 aromatic rings. The number of quaternary nitrogens is 1. The molecule has 0 spiro atoms. The zero-order valence-electron chi connectivity index (χ0n) is 15.0. The van der Waals surface area contributed by atoms with Gasteiger partial charge in [0.1, 0.15) is 12.6 Å². The minimum absolute atomic E-state index is 0.107. The van der Waals surface area contributed by atoms with E-state index in [1.165, 1.54) is 28.3 Å². The molecule has 5 heteroatoms. The minimum Gasteiger partial charge on any atom is -0.652 e. The van der Waals surface area contributed by atoms with E-state index in [9.17, 15) is 4.79 Å². The Hall–Kier alpha value is -2.53. The first-order valence-corrected chi connectivity index (χ1v) is 9.21. The molecule has 4 heterocycles. The number of methoxy groups -OCH3 is 1. The van der Waals surface area contributed by atoms with Crippen molar-refractivity contribution in [2.75, 3.05) is 20.2 Å². The van der Waals surface area contributed by atoms with E-state index >= 15 is 0 Å². The van der Waals surface area contributed by atoms with Crippen LogP contribution in [0.15, 0.2) is 36.1 Å². The predicted molar refractivity (Wildman–Crippen MR) is 97.3 cm³/mol. The molecular formula is C21H22N2O3. The van der Waals surface area contributed by atoms with Gasteiger partial charge in [0.05, 0.1) is 37.1 Å². The van der Waals surface area contributed by atoms with E-state index in [0.717, 1.165) is 30.4 Å². The molecule has 5 rings (SSSR count). The first kappa shape index (κ1) is 15.7. The number of nitrogens with one attached hydrogen (secondary N) is 1. The quantitative estimate of drug-likeness (QED) is 0.718. The maximum absolute atomic E-state index is 12.3. The van der Waals surface area contributed by atoms with Crippen LogP contribution in [0.5, 0.6) is 0 Å². The van der Waals surface area contributed by atoms with Crippen molar-refractivity contribution in [2.45, 2.75) is 19.4 Å². The van der Waals surface area contributed by atoms with Crippen LogP contribution in [0, 0.1) is 11.8 Å².